The second-order valence-corrected chi connectivity index (χ2v) is 4.82. The van der Waals surface area contributed by atoms with Gasteiger partial charge in [0.25, 0.3) is 0 Å². The van der Waals surface area contributed by atoms with Crippen molar-refractivity contribution in [2.75, 3.05) is 13.1 Å². The van der Waals surface area contributed by atoms with Crippen molar-refractivity contribution in [2.45, 2.75) is 26.1 Å². The van der Waals surface area contributed by atoms with E-state index in [9.17, 15) is 0 Å². The van der Waals surface area contributed by atoms with Crippen molar-refractivity contribution >= 4 is 11.6 Å². The average molecular weight is 240 g/mol. The van der Waals surface area contributed by atoms with E-state index in [4.69, 9.17) is 16.3 Å². The molecule has 88 valence electrons. The molecule has 0 radical (unpaired) electrons. The van der Waals surface area contributed by atoms with Crippen LogP contribution in [0.15, 0.2) is 24.3 Å². The number of ether oxygens (including phenoxy) is 1. The van der Waals surface area contributed by atoms with Crippen LogP contribution in [0.3, 0.4) is 0 Å². The second kappa shape index (κ2) is 5.67. The van der Waals surface area contributed by atoms with Crippen molar-refractivity contribution in [1.82, 2.24) is 5.32 Å². The lowest BCUT2D eigenvalue weighted by Crippen LogP contribution is -2.40. The standard InChI is InChI=1S/C13H18ClNO/c1-10-6-7-15-8-13(10)16-9-11-4-2-3-5-12(11)14/h2-5,10,13,15H,6-9H2,1H3. The minimum Gasteiger partial charge on any atom is -0.372 e. The molecule has 1 aliphatic heterocycles. The summed E-state index contributed by atoms with van der Waals surface area (Å²) in [6.07, 6.45) is 1.50. The second-order valence-electron chi connectivity index (χ2n) is 4.41. The van der Waals surface area contributed by atoms with E-state index in [1.807, 2.05) is 24.3 Å². The summed E-state index contributed by atoms with van der Waals surface area (Å²) in [6.45, 7) is 4.91. The van der Waals surface area contributed by atoms with E-state index in [1.165, 1.54) is 6.42 Å². The lowest BCUT2D eigenvalue weighted by Gasteiger charge is -2.29. The van der Waals surface area contributed by atoms with E-state index in [1.54, 1.807) is 0 Å². The zero-order valence-electron chi connectivity index (χ0n) is 9.58. The summed E-state index contributed by atoms with van der Waals surface area (Å²) < 4.78 is 5.92. The van der Waals surface area contributed by atoms with Crippen LogP contribution in [0.25, 0.3) is 0 Å². The monoisotopic (exact) mass is 239 g/mol. The highest BCUT2D eigenvalue weighted by Crippen LogP contribution is 2.20. The first-order chi connectivity index (χ1) is 7.77. The minimum atomic E-state index is 0.310. The Morgan fingerprint density at radius 3 is 3.00 bits per heavy atom. The largest absolute Gasteiger partial charge is 0.372 e. The smallest absolute Gasteiger partial charge is 0.0735 e. The quantitative estimate of drug-likeness (QED) is 0.876. The summed E-state index contributed by atoms with van der Waals surface area (Å²) in [4.78, 5) is 0. The van der Waals surface area contributed by atoms with Gasteiger partial charge in [-0.1, -0.05) is 36.7 Å². The SMILES string of the molecule is CC1CCNCC1OCc1ccccc1Cl. The Bertz CT molecular complexity index is 342. The van der Waals surface area contributed by atoms with Gasteiger partial charge >= 0.3 is 0 Å². The molecule has 2 rings (SSSR count). The van der Waals surface area contributed by atoms with E-state index in [0.717, 1.165) is 23.7 Å². The molecule has 2 atom stereocenters. The highest BCUT2D eigenvalue weighted by molar-refractivity contribution is 6.31. The Balaban J connectivity index is 1.89. The predicted molar refractivity (Wildman–Crippen MR) is 66.7 cm³/mol. The molecule has 1 saturated heterocycles. The van der Waals surface area contributed by atoms with Crippen molar-refractivity contribution in [3.63, 3.8) is 0 Å². The molecule has 1 aliphatic rings. The summed E-state index contributed by atoms with van der Waals surface area (Å²) in [5, 5.41) is 4.15. The fourth-order valence-electron chi connectivity index (χ4n) is 2.00. The van der Waals surface area contributed by atoms with E-state index in [0.29, 0.717) is 18.6 Å². The van der Waals surface area contributed by atoms with Crippen molar-refractivity contribution < 1.29 is 4.74 Å². The molecule has 3 heteroatoms. The highest BCUT2D eigenvalue weighted by atomic mass is 35.5. The Hall–Kier alpha value is -0.570. The Kier molecular flexibility index (Phi) is 4.22. The van der Waals surface area contributed by atoms with E-state index >= 15 is 0 Å². The molecule has 2 unspecified atom stereocenters. The molecule has 1 aromatic carbocycles. The first kappa shape index (κ1) is 11.9. The topological polar surface area (TPSA) is 21.3 Å². The Morgan fingerprint density at radius 1 is 1.44 bits per heavy atom. The van der Waals surface area contributed by atoms with Crippen LogP contribution in [0.1, 0.15) is 18.9 Å². The van der Waals surface area contributed by atoms with E-state index in [2.05, 4.69) is 12.2 Å². The van der Waals surface area contributed by atoms with Crippen LogP contribution in [0.2, 0.25) is 5.02 Å². The summed E-state index contributed by atoms with van der Waals surface area (Å²) in [5.74, 6) is 0.628. The summed E-state index contributed by atoms with van der Waals surface area (Å²) in [6, 6.07) is 7.86. The number of hydrogen-bond acceptors (Lipinski definition) is 2. The highest BCUT2D eigenvalue weighted by Gasteiger charge is 2.21. The van der Waals surface area contributed by atoms with Crippen molar-refractivity contribution in [1.29, 1.82) is 0 Å². The van der Waals surface area contributed by atoms with Crippen molar-refractivity contribution in [3.8, 4) is 0 Å². The molecule has 0 aromatic heterocycles. The third-order valence-corrected chi connectivity index (χ3v) is 3.54. The van der Waals surface area contributed by atoms with Gasteiger partial charge in [0, 0.05) is 11.6 Å². The lowest BCUT2D eigenvalue weighted by atomic mass is 9.97. The first-order valence-corrected chi connectivity index (χ1v) is 6.21. The van der Waals surface area contributed by atoms with Crippen LogP contribution in [-0.4, -0.2) is 19.2 Å². The molecule has 1 aromatic rings. The molecule has 16 heavy (non-hydrogen) atoms. The molecular formula is C13H18ClNO. The Morgan fingerprint density at radius 2 is 2.25 bits per heavy atom. The van der Waals surface area contributed by atoms with E-state index in [-0.39, 0.29) is 0 Å². The maximum Gasteiger partial charge on any atom is 0.0735 e. The Labute approximate surface area is 102 Å². The van der Waals surface area contributed by atoms with Gasteiger partial charge in [0.05, 0.1) is 12.7 Å². The van der Waals surface area contributed by atoms with Crippen LogP contribution in [0, 0.1) is 5.92 Å². The molecule has 2 nitrogen and oxygen atoms in total. The number of benzene rings is 1. The van der Waals surface area contributed by atoms with Crippen LogP contribution < -0.4 is 5.32 Å². The van der Waals surface area contributed by atoms with Gasteiger partial charge in [-0.15, -0.1) is 0 Å². The molecule has 0 saturated carbocycles. The zero-order valence-corrected chi connectivity index (χ0v) is 10.3. The first-order valence-electron chi connectivity index (χ1n) is 5.83. The maximum atomic E-state index is 6.08. The van der Waals surface area contributed by atoms with Gasteiger partial charge in [0.15, 0.2) is 0 Å². The van der Waals surface area contributed by atoms with Crippen molar-refractivity contribution in [3.05, 3.63) is 34.9 Å². The van der Waals surface area contributed by atoms with E-state index < -0.39 is 0 Å². The molecule has 0 amide bonds. The van der Waals surface area contributed by atoms with Crippen LogP contribution in [0.4, 0.5) is 0 Å². The lowest BCUT2D eigenvalue weighted by molar-refractivity contribution is -0.00654. The minimum absolute atomic E-state index is 0.310. The fraction of sp³-hybridized carbons (Fsp3) is 0.538. The van der Waals surface area contributed by atoms with Crippen molar-refractivity contribution in [2.24, 2.45) is 5.92 Å². The molecule has 0 spiro atoms. The third kappa shape index (κ3) is 2.97. The number of hydrogen-bond donors (Lipinski definition) is 1. The molecule has 0 aliphatic carbocycles. The molecule has 1 N–H and O–H groups in total. The zero-order chi connectivity index (χ0) is 11.4. The predicted octanol–water partition coefficient (Wildman–Crippen LogP) is 2.85. The number of rotatable bonds is 3. The summed E-state index contributed by atoms with van der Waals surface area (Å²) in [7, 11) is 0. The van der Waals surface area contributed by atoms with Gasteiger partial charge in [0.1, 0.15) is 0 Å². The van der Waals surface area contributed by atoms with Gasteiger partial charge < -0.3 is 10.1 Å². The van der Waals surface area contributed by atoms with Gasteiger partial charge in [-0.25, -0.2) is 0 Å². The summed E-state index contributed by atoms with van der Waals surface area (Å²) in [5.41, 5.74) is 1.07. The van der Waals surface area contributed by atoms with Gasteiger partial charge in [-0.3, -0.25) is 0 Å². The number of nitrogens with one attached hydrogen (secondary N) is 1. The molecule has 0 bridgehead atoms. The van der Waals surface area contributed by atoms with Crippen LogP contribution >= 0.6 is 11.6 Å². The summed E-state index contributed by atoms with van der Waals surface area (Å²) >= 11 is 6.08. The number of piperidine rings is 1. The van der Waals surface area contributed by atoms with Crippen LogP contribution in [0.5, 0.6) is 0 Å². The average Bonchev–Trinajstić information content (AvgIpc) is 2.30. The third-order valence-electron chi connectivity index (χ3n) is 3.17. The number of halogens is 1. The van der Waals surface area contributed by atoms with Gasteiger partial charge in [-0.05, 0) is 30.5 Å². The van der Waals surface area contributed by atoms with Gasteiger partial charge in [-0.2, -0.15) is 0 Å². The van der Waals surface area contributed by atoms with Gasteiger partial charge in [0.2, 0.25) is 0 Å². The maximum absolute atomic E-state index is 6.08. The molecule has 1 heterocycles. The fourth-order valence-corrected chi connectivity index (χ4v) is 2.19. The molecular weight excluding hydrogens is 222 g/mol. The normalized spacial score (nSPS) is 25.6. The van der Waals surface area contributed by atoms with Crippen LogP contribution in [-0.2, 0) is 11.3 Å². The molecule has 1 fully saturated rings.